The number of hydrogen-bond donors (Lipinski definition) is 1. The fourth-order valence-corrected chi connectivity index (χ4v) is 3.71. The molecule has 1 amide bonds. The van der Waals surface area contributed by atoms with Crippen LogP contribution in [0.15, 0.2) is 77.4 Å². The third-order valence-electron chi connectivity index (χ3n) is 5.22. The van der Waals surface area contributed by atoms with Crippen molar-refractivity contribution in [2.75, 3.05) is 6.54 Å². The Balaban J connectivity index is 1.43. The van der Waals surface area contributed by atoms with Crippen molar-refractivity contribution in [2.24, 2.45) is 0 Å². The van der Waals surface area contributed by atoms with Crippen molar-refractivity contribution in [1.29, 1.82) is 0 Å². The van der Waals surface area contributed by atoms with E-state index in [2.05, 4.69) is 46.6 Å². The molecular weight excluding hydrogens is 350 g/mol. The van der Waals surface area contributed by atoms with E-state index in [-0.39, 0.29) is 5.91 Å². The van der Waals surface area contributed by atoms with Crippen LogP contribution < -0.4 is 0 Å². The molecular formula is C23H19N3O2. The van der Waals surface area contributed by atoms with E-state index in [0.29, 0.717) is 18.8 Å². The Morgan fingerprint density at radius 3 is 2.43 bits per heavy atom. The molecule has 2 aromatic carbocycles. The van der Waals surface area contributed by atoms with Gasteiger partial charge in [0.1, 0.15) is 0 Å². The molecule has 0 aliphatic carbocycles. The monoisotopic (exact) mass is 369 g/mol. The third-order valence-corrected chi connectivity index (χ3v) is 5.22. The number of hydrogen-bond acceptors (Lipinski definition) is 3. The summed E-state index contributed by atoms with van der Waals surface area (Å²) in [5, 5.41) is 7.69. The number of benzene rings is 2. The first-order valence-electron chi connectivity index (χ1n) is 9.34. The van der Waals surface area contributed by atoms with Gasteiger partial charge in [-0.25, -0.2) is 0 Å². The average Bonchev–Trinajstić information content (AvgIpc) is 3.44. The summed E-state index contributed by atoms with van der Waals surface area (Å²) in [6, 6.07) is 22.1. The maximum Gasteiger partial charge on any atom is 0.289 e. The number of carbonyl (C=O) groups is 1. The van der Waals surface area contributed by atoms with Crippen LogP contribution >= 0.6 is 0 Å². The van der Waals surface area contributed by atoms with E-state index in [1.807, 2.05) is 23.1 Å². The third kappa shape index (κ3) is 2.91. The van der Waals surface area contributed by atoms with Gasteiger partial charge >= 0.3 is 0 Å². The van der Waals surface area contributed by atoms with E-state index in [1.54, 1.807) is 12.1 Å². The maximum absolute atomic E-state index is 12.6. The van der Waals surface area contributed by atoms with Crippen molar-refractivity contribution < 1.29 is 9.21 Å². The first kappa shape index (κ1) is 16.6. The molecule has 3 heterocycles. The molecule has 1 aliphatic heterocycles. The zero-order valence-corrected chi connectivity index (χ0v) is 15.3. The summed E-state index contributed by atoms with van der Waals surface area (Å²) >= 11 is 0. The second-order valence-corrected chi connectivity index (χ2v) is 6.93. The predicted octanol–water partition coefficient (Wildman–Crippen LogP) is 4.54. The molecule has 0 atom stereocenters. The zero-order chi connectivity index (χ0) is 18.9. The van der Waals surface area contributed by atoms with Gasteiger partial charge < -0.3 is 9.32 Å². The van der Waals surface area contributed by atoms with Crippen molar-refractivity contribution >= 4 is 5.91 Å². The molecule has 0 saturated heterocycles. The lowest BCUT2D eigenvalue weighted by Gasteiger charge is -2.26. The van der Waals surface area contributed by atoms with Gasteiger partial charge in [0.2, 0.25) is 0 Å². The maximum atomic E-state index is 12.6. The van der Waals surface area contributed by atoms with Crippen LogP contribution in [0.3, 0.4) is 0 Å². The normalized spacial score (nSPS) is 13.4. The topological polar surface area (TPSA) is 62.1 Å². The van der Waals surface area contributed by atoms with Gasteiger partial charge in [0.15, 0.2) is 5.76 Å². The van der Waals surface area contributed by atoms with Gasteiger partial charge in [-0.1, -0.05) is 54.6 Å². The summed E-state index contributed by atoms with van der Waals surface area (Å²) < 4.78 is 5.27. The summed E-state index contributed by atoms with van der Waals surface area (Å²) in [5.74, 6) is 0.294. The number of carbonyl (C=O) groups excluding carboxylic acids is 1. The molecule has 5 nitrogen and oxygen atoms in total. The number of H-pyrrole nitrogens is 1. The Kier molecular flexibility index (Phi) is 4.05. The number of aromatic amines is 1. The smallest absolute Gasteiger partial charge is 0.289 e. The van der Waals surface area contributed by atoms with Crippen molar-refractivity contribution in [3.63, 3.8) is 0 Å². The molecule has 0 fully saturated rings. The fourth-order valence-electron chi connectivity index (χ4n) is 3.71. The minimum atomic E-state index is -0.0813. The van der Waals surface area contributed by atoms with Gasteiger partial charge in [-0.2, -0.15) is 5.10 Å². The SMILES string of the molecule is O=C(c1ccco1)N1CCc2[nH]nc(-c3ccc(-c4ccccc4)cc3)c2C1. The van der Waals surface area contributed by atoms with Crippen molar-refractivity contribution in [1.82, 2.24) is 15.1 Å². The van der Waals surface area contributed by atoms with Crippen LogP contribution in [0.5, 0.6) is 0 Å². The molecule has 0 saturated carbocycles. The molecule has 138 valence electrons. The highest BCUT2D eigenvalue weighted by molar-refractivity contribution is 5.91. The first-order valence-corrected chi connectivity index (χ1v) is 9.34. The van der Waals surface area contributed by atoms with Crippen molar-refractivity contribution in [2.45, 2.75) is 13.0 Å². The summed E-state index contributed by atoms with van der Waals surface area (Å²) in [7, 11) is 0. The Morgan fingerprint density at radius 2 is 1.68 bits per heavy atom. The Morgan fingerprint density at radius 1 is 0.929 bits per heavy atom. The fraction of sp³-hybridized carbons (Fsp3) is 0.130. The molecule has 0 bridgehead atoms. The number of furan rings is 1. The Hall–Kier alpha value is -3.60. The predicted molar refractivity (Wildman–Crippen MR) is 107 cm³/mol. The highest BCUT2D eigenvalue weighted by atomic mass is 16.3. The number of nitrogens with one attached hydrogen (secondary N) is 1. The van der Waals surface area contributed by atoms with Crippen LogP contribution in [0, 0.1) is 0 Å². The van der Waals surface area contributed by atoms with Gasteiger partial charge in [0, 0.05) is 29.8 Å². The summed E-state index contributed by atoms with van der Waals surface area (Å²) in [4.78, 5) is 14.5. The quantitative estimate of drug-likeness (QED) is 0.577. The minimum absolute atomic E-state index is 0.0813. The Bertz CT molecular complexity index is 1100. The second kappa shape index (κ2) is 6.85. The van der Waals surface area contributed by atoms with E-state index in [0.717, 1.165) is 28.9 Å². The van der Waals surface area contributed by atoms with Crippen LogP contribution in [0.2, 0.25) is 0 Å². The van der Waals surface area contributed by atoms with Gasteiger partial charge in [-0.15, -0.1) is 0 Å². The van der Waals surface area contributed by atoms with Gasteiger partial charge in [0.25, 0.3) is 5.91 Å². The highest BCUT2D eigenvalue weighted by Crippen LogP contribution is 2.30. The Labute approximate surface area is 162 Å². The molecule has 5 heteroatoms. The molecule has 1 aliphatic rings. The van der Waals surface area contributed by atoms with Gasteiger partial charge in [0.05, 0.1) is 18.5 Å². The van der Waals surface area contributed by atoms with Crippen molar-refractivity contribution in [3.8, 4) is 22.4 Å². The molecule has 4 aromatic rings. The summed E-state index contributed by atoms with van der Waals surface area (Å²) in [6.45, 7) is 1.18. The second-order valence-electron chi connectivity index (χ2n) is 6.93. The molecule has 2 aromatic heterocycles. The van der Waals surface area contributed by atoms with E-state index < -0.39 is 0 Å². The summed E-state index contributed by atoms with van der Waals surface area (Å²) in [6.07, 6.45) is 2.29. The van der Waals surface area contributed by atoms with Crippen LogP contribution in [0.4, 0.5) is 0 Å². The molecule has 0 unspecified atom stereocenters. The summed E-state index contributed by atoms with van der Waals surface area (Å²) in [5.41, 5.74) is 6.50. The lowest BCUT2D eigenvalue weighted by molar-refractivity contribution is 0.0702. The molecule has 0 spiro atoms. The van der Waals surface area contributed by atoms with Gasteiger partial charge in [-0.05, 0) is 23.3 Å². The number of aromatic nitrogens is 2. The number of nitrogens with zero attached hydrogens (tertiary/aromatic N) is 2. The molecule has 28 heavy (non-hydrogen) atoms. The van der Waals surface area contributed by atoms with E-state index >= 15 is 0 Å². The van der Waals surface area contributed by atoms with Crippen molar-refractivity contribution in [3.05, 3.63) is 90.0 Å². The lowest BCUT2D eigenvalue weighted by atomic mass is 9.98. The largest absolute Gasteiger partial charge is 0.459 e. The van der Waals surface area contributed by atoms with Crippen LogP contribution in [-0.4, -0.2) is 27.5 Å². The van der Waals surface area contributed by atoms with E-state index in [1.165, 1.54) is 17.4 Å². The first-order chi connectivity index (χ1) is 13.8. The van der Waals surface area contributed by atoms with Crippen LogP contribution in [0.1, 0.15) is 21.8 Å². The molecule has 0 radical (unpaired) electrons. The average molecular weight is 369 g/mol. The van der Waals surface area contributed by atoms with Crippen LogP contribution in [-0.2, 0) is 13.0 Å². The standard InChI is InChI=1S/C23H19N3O2/c27-23(21-7-4-14-28-21)26-13-12-20-19(15-26)22(25-24-20)18-10-8-17(9-11-18)16-5-2-1-3-6-16/h1-11,14H,12-13,15H2,(H,24,25). The van der Waals surface area contributed by atoms with Crippen LogP contribution in [0.25, 0.3) is 22.4 Å². The number of rotatable bonds is 3. The molecule has 1 N–H and O–H groups in total. The van der Waals surface area contributed by atoms with E-state index in [9.17, 15) is 4.79 Å². The zero-order valence-electron chi connectivity index (χ0n) is 15.3. The molecule has 5 rings (SSSR count). The van der Waals surface area contributed by atoms with Gasteiger partial charge in [-0.3, -0.25) is 9.89 Å². The number of amides is 1. The highest BCUT2D eigenvalue weighted by Gasteiger charge is 2.27. The lowest BCUT2D eigenvalue weighted by Crippen LogP contribution is -2.35. The van der Waals surface area contributed by atoms with E-state index in [4.69, 9.17) is 4.42 Å². The minimum Gasteiger partial charge on any atom is -0.459 e. The number of fused-ring (bicyclic) bond motifs is 1.